The molecule has 1 rings (SSSR count). The van der Waals surface area contributed by atoms with Gasteiger partial charge in [0.1, 0.15) is 12.1 Å². The van der Waals surface area contributed by atoms with Crippen molar-refractivity contribution in [1.29, 1.82) is 0 Å². The fourth-order valence-corrected chi connectivity index (χ4v) is 2.12. The maximum absolute atomic E-state index is 12.3. The van der Waals surface area contributed by atoms with E-state index in [4.69, 9.17) is 6.42 Å². The molecule has 0 saturated carbocycles. The summed E-state index contributed by atoms with van der Waals surface area (Å²) in [6.07, 6.45) is 7.44. The van der Waals surface area contributed by atoms with Crippen molar-refractivity contribution in [3.8, 4) is 12.3 Å². The van der Waals surface area contributed by atoms with Crippen molar-refractivity contribution in [3.63, 3.8) is 0 Å². The molecule has 1 heterocycles. The van der Waals surface area contributed by atoms with Crippen LogP contribution in [0.2, 0.25) is 0 Å². The number of nitrogens with one attached hydrogen (secondary N) is 1. The fourth-order valence-electron chi connectivity index (χ4n) is 2.12. The van der Waals surface area contributed by atoms with E-state index in [9.17, 15) is 9.59 Å². The highest BCUT2D eigenvalue weighted by molar-refractivity contribution is 5.96. The zero-order valence-corrected chi connectivity index (χ0v) is 11.4. The van der Waals surface area contributed by atoms with E-state index >= 15 is 0 Å². The molecular weight excluding hydrogens is 228 g/mol. The molecule has 4 heteroatoms. The van der Waals surface area contributed by atoms with Crippen molar-refractivity contribution >= 4 is 11.8 Å². The molecule has 0 aromatic rings. The Balaban J connectivity index is 2.76. The van der Waals surface area contributed by atoms with Gasteiger partial charge in [-0.3, -0.25) is 9.59 Å². The molecule has 1 fully saturated rings. The fraction of sp³-hybridized carbons (Fsp3) is 0.714. The van der Waals surface area contributed by atoms with Crippen molar-refractivity contribution in [2.75, 3.05) is 6.54 Å². The summed E-state index contributed by atoms with van der Waals surface area (Å²) in [5.74, 6) is 2.66. The molecule has 0 spiro atoms. The summed E-state index contributed by atoms with van der Waals surface area (Å²) < 4.78 is 0. The van der Waals surface area contributed by atoms with Gasteiger partial charge in [-0.2, -0.15) is 0 Å². The Morgan fingerprint density at radius 2 is 2.17 bits per heavy atom. The van der Waals surface area contributed by atoms with E-state index in [-0.39, 0.29) is 23.8 Å². The lowest BCUT2D eigenvalue weighted by Gasteiger charge is -2.39. The molecule has 18 heavy (non-hydrogen) atoms. The molecule has 1 aliphatic rings. The topological polar surface area (TPSA) is 49.4 Å². The van der Waals surface area contributed by atoms with Crippen LogP contribution in [0, 0.1) is 18.3 Å². The van der Waals surface area contributed by atoms with Crippen molar-refractivity contribution < 1.29 is 9.59 Å². The highest BCUT2D eigenvalue weighted by Crippen LogP contribution is 2.18. The molecule has 2 amide bonds. The van der Waals surface area contributed by atoms with E-state index in [1.54, 1.807) is 11.8 Å². The molecule has 1 aliphatic heterocycles. The number of amides is 2. The second-order valence-electron chi connectivity index (χ2n) is 4.89. The summed E-state index contributed by atoms with van der Waals surface area (Å²) in [4.78, 5) is 25.9. The van der Waals surface area contributed by atoms with Gasteiger partial charge in [0.2, 0.25) is 11.8 Å². The Hall–Kier alpha value is -1.50. The van der Waals surface area contributed by atoms with Gasteiger partial charge in [0.25, 0.3) is 0 Å². The van der Waals surface area contributed by atoms with Gasteiger partial charge in [-0.05, 0) is 19.3 Å². The number of carbonyl (C=O) groups is 2. The molecule has 0 radical (unpaired) electrons. The van der Waals surface area contributed by atoms with Gasteiger partial charge >= 0.3 is 0 Å². The minimum Gasteiger partial charge on any atom is -0.342 e. The minimum atomic E-state index is -0.393. The molecule has 4 nitrogen and oxygen atoms in total. The van der Waals surface area contributed by atoms with Gasteiger partial charge in [-0.25, -0.2) is 0 Å². The minimum absolute atomic E-state index is 0.0217. The third-order valence-corrected chi connectivity index (χ3v) is 3.63. The van der Waals surface area contributed by atoms with Gasteiger partial charge in [-0.1, -0.05) is 20.3 Å². The van der Waals surface area contributed by atoms with Gasteiger partial charge < -0.3 is 10.2 Å². The quantitative estimate of drug-likeness (QED) is 0.588. The molecule has 0 aliphatic carbocycles. The van der Waals surface area contributed by atoms with E-state index in [0.29, 0.717) is 13.0 Å². The van der Waals surface area contributed by atoms with Gasteiger partial charge in [-0.15, -0.1) is 12.3 Å². The first-order chi connectivity index (χ1) is 8.52. The third kappa shape index (κ3) is 3.04. The van der Waals surface area contributed by atoms with Gasteiger partial charge in [0.05, 0.1) is 0 Å². The summed E-state index contributed by atoms with van der Waals surface area (Å²) in [5.41, 5.74) is 0. The van der Waals surface area contributed by atoms with Crippen LogP contribution in [0.25, 0.3) is 0 Å². The summed E-state index contributed by atoms with van der Waals surface area (Å²) in [6.45, 7) is 6.32. The maximum atomic E-state index is 12.3. The number of nitrogens with zero attached hydrogens (tertiary/aromatic N) is 1. The molecule has 0 bridgehead atoms. The molecule has 1 N–H and O–H groups in total. The summed E-state index contributed by atoms with van der Waals surface area (Å²) >= 11 is 0. The normalized spacial score (nSPS) is 25.6. The zero-order valence-electron chi connectivity index (χ0n) is 11.4. The van der Waals surface area contributed by atoms with Crippen molar-refractivity contribution in [1.82, 2.24) is 10.2 Å². The first kappa shape index (κ1) is 14.6. The SMILES string of the molecule is C#CCCCN1C(=O)C(C(C)CC)NC(=O)C1C. The van der Waals surface area contributed by atoms with E-state index < -0.39 is 6.04 Å². The Bertz CT molecular complexity index is 359. The maximum Gasteiger partial charge on any atom is 0.246 e. The van der Waals surface area contributed by atoms with Crippen LogP contribution in [0.4, 0.5) is 0 Å². The molecule has 3 atom stereocenters. The number of carbonyl (C=O) groups excluding carboxylic acids is 2. The van der Waals surface area contributed by atoms with Crippen LogP contribution in [-0.4, -0.2) is 35.3 Å². The first-order valence-corrected chi connectivity index (χ1v) is 6.57. The van der Waals surface area contributed by atoms with E-state index in [0.717, 1.165) is 12.8 Å². The molecular formula is C14H22N2O2. The van der Waals surface area contributed by atoms with E-state index in [1.165, 1.54) is 0 Å². The van der Waals surface area contributed by atoms with Gasteiger partial charge in [0.15, 0.2) is 0 Å². The standard InChI is InChI=1S/C14H22N2O2/c1-5-7-8-9-16-11(4)13(17)15-12(14(16)18)10(3)6-2/h1,10-12H,6-9H2,2-4H3,(H,15,17). The molecule has 0 aromatic carbocycles. The third-order valence-electron chi connectivity index (χ3n) is 3.63. The molecule has 1 saturated heterocycles. The number of terminal acetylenes is 1. The van der Waals surface area contributed by atoms with Crippen molar-refractivity contribution in [2.24, 2.45) is 5.92 Å². The Morgan fingerprint density at radius 3 is 2.72 bits per heavy atom. The Labute approximate surface area is 109 Å². The second kappa shape index (κ2) is 6.44. The van der Waals surface area contributed by atoms with Gasteiger partial charge in [0, 0.05) is 13.0 Å². The Morgan fingerprint density at radius 1 is 1.50 bits per heavy atom. The summed E-state index contributed by atoms with van der Waals surface area (Å²) in [5, 5.41) is 2.82. The zero-order chi connectivity index (χ0) is 13.7. The van der Waals surface area contributed by atoms with Crippen LogP contribution in [0.3, 0.4) is 0 Å². The van der Waals surface area contributed by atoms with Crippen molar-refractivity contribution in [3.05, 3.63) is 0 Å². The predicted molar refractivity (Wildman–Crippen MR) is 70.6 cm³/mol. The van der Waals surface area contributed by atoms with Crippen LogP contribution in [0.5, 0.6) is 0 Å². The van der Waals surface area contributed by atoms with Crippen LogP contribution in [0.15, 0.2) is 0 Å². The average molecular weight is 250 g/mol. The lowest BCUT2D eigenvalue weighted by atomic mass is 9.94. The van der Waals surface area contributed by atoms with Crippen LogP contribution in [-0.2, 0) is 9.59 Å². The number of rotatable bonds is 5. The predicted octanol–water partition coefficient (Wildman–Crippen LogP) is 1.16. The number of hydrogen-bond acceptors (Lipinski definition) is 2. The smallest absolute Gasteiger partial charge is 0.246 e. The van der Waals surface area contributed by atoms with Crippen molar-refractivity contribution in [2.45, 2.75) is 52.1 Å². The average Bonchev–Trinajstić information content (AvgIpc) is 2.37. The number of piperazine rings is 1. The summed E-state index contributed by atoms with van der Waals surface area (Å²) in [6, 6.07) is -0.778. The molecule has 0 aromatic heterocycles. The molecule has 100 valence electrons. The molecule has 3 unspecified atom stereocenters. The van der Waals surface area contributed by atoms with E-state index in [2.05, 4.69) is 11.2 Å². The number of unbranched alkanes of at least 4 members (excludes halogenated alkanes) is 1. The highest BCUT2D eigenvalue weighted by Gasteiger charge is 2.39. The number of hydrogen-bond donors (Lipinski definition) is 1. The largest absolute Gasteiger partial charge is 0.342 e. The lowest BCUT2D eigenvalue weighted by Crippen LogP contribution is -2.64. The summed E-state index contributed by atoms with van der Waals surface area (Å²) in [7, 11) is 0. The van der Waals surface area contributed by atoms with Crippen LogP contribution >= 0.6 is 0 Å². The first-order valence-electron chi connectivity index (χ1n) is 6.57. The van der Waals surface area contributed by atoms with E-state index in [1.807, 2.05) is 13.8 Å². The lowest BCUT2D eigenvalue weighted by molar-refractivity contribution is -0.150. The van der Waals surface area contributed by atoms with Crippen LogP contribution in [0.1, 0.15) is 40.0 Å². The second-order valence-corrected chi connectivity index (χ2v) is 4.89. The monoisotopic (exact) mass is 250 g/mol. The highest BCUT2D eigenvalue weighted by atomic mass is 16.2. The van der Waals surface area contributed by atoms with Crippen LogP contribution < -0.4 is 5.32 Å². The Kier molecular flexibility index (Phi) is 5.21.